The van der Waals surface area contributed by atoms with E-state index in [0.29, 0.717) is 26.4 Å². The van der Waals surface area contributed by atoms with E-state index in [-0.39, 0.29) is 5.69 Å². The van der Waals surface area contributed by atoms with Gasteiger partial charge in [-0.25, -0.2) is 0 Å². The number of hydrogen-bond acceptors (Lipinski definition) is 6. The number of hydrogen-bond donors (Lipinski definition) is 0. The minimum atomic E-state index is -0.753. The van der Waals surface area contributed by atoms with Crippen molar-refractivity contribution in [2.45, 2.75) is 6.17 Å². The summed E-state index contributed by atoms with van der Waals surface area (Å²) in [7, 11) is 0. The molecule has 3 aromatic carbocycles. The lowest BCUT2D eigenvalue weighted by atomic mass is 10.2. The van der Waals surface area contributed by atoms with E-state index in [1.165, 1.54) is 36.4 Å². The second-order valence-corrected chi connectivity index (χ2v) is 6.93. The normalized spacial score (nSPS) is 12.5. The number of nitrogens with zero attached hydrogens (tertiary/aromatic N) is 5. The highest BCUT2D eigenvalue weighted by atomic mass is 35.5. The lowest BCUT2D eigenvalue weighted by molar-refractivity contribution is -0.384. The van der Waals surface area contributed by atoms with E-state index in [9.17, 15) is 10.1 Å². The Kier molecular flexibility index (Phi) is 6.87. The lowest BCUT2D eigenvalue weighted by Gasteiger charge is -2.06. The van der Waals surface area contributed by atoms with E-state index in [1.54, 1.807) is 0 Å². The molecule has 0 spiro atoms. The molecule has 3 aromatic rings. The molecule has 1 atom stereocenters. The van der Waals surface area contributed by atoms with Crippen LogP contribution in [0.1, 0.15) is 11.7 Å². The van der Waals surface area contributed by atoms with Crippen LogP contribution in [0.3, 0.4) is 0 Å². The van der Waals surface area contributed by atoms with E-state index in [1.807, 2.05) is 30.3 Å². The molecule has 0 amide bonds. The maximum Gasteiger partial charge on any atom is 0.269 e. The van der Waals surface area contributed by atoms with Crippen LogP contribution in [0, 0.1) is 10.1 Å². The molecule has 0 aromatic heterocycles. The van der Waals surface area contributed by atoms with Gasteiger partial charge in [-0.3, -0.25) is 10.1 Å². The third-order valence-corrected chi connectivity index (χ3v) is 4.73. The molecule has 1 unspecified atom stereocenters. The molecule has 0 aliphatic carbocycles. The van der Waals surface area contributed by atoms with Crippen molar-refractivity contribution in [2.75, 3.05) is 0 Å². The Balaban J connectivity index is 1.89. The molecule has 0 aliphatic heterocycles. The smallest absolute Gasteiger partial charge is 0.258 e. The van der Waals surface area contributed by atoms with Gasteiger partial charge in [0.2, 0.25) is 6.17 Å². The molecule has 0 radical (unpaired) electrons. The second kappa shape index (κ2) is 9.56. The molecule has 0 saturated carbocycles. The van der Waals surface area contributed by atoms with Crippen LogP contribution < -0.4 is 0 Å². The molecule has 0 heterocycles. The Labute approximate surface area is 180 Å². The molecule has 0 fully saturated rings. The minimum Gasteiger partial charge on any atom is -0.258 e. The van der Waals surface area contributed by atoms with Gasteiger partial charge in [0, 0.05) is 17.7 Å². The second-order valence-electron chi connectivity index (χ2n) is 5.71. The Morgan fingerprint density at radius 2 is 1.41 bits per heavy atom. The standard InChI is InChI=1S/C19H12Cl3N5O2/c20-15-10-17(22)18(11-16(15)21)24-26-19(12-4-2-1-3-5-12)25-23-13-6-8-14(9-7-13)27(28)29/h1-11,19H. The van der Waals surface area contributed by atoms with Gasteiger partial charge in [-0.1, -0.05) is 65.1 Å². The first-order valence-electron chi connectivity index (χ1n) is 8.19. The van der Waals surface area contributed by atoms with Crippen LogP contribution in [-0.4, -0.2) is 4.92 Å². The predicted molar refractivity (Wildman–Crippen MR) is 113 cm³/mol. The third kappa shape index (κ3) is 5.57. The maximum absolute atomic E-state index is 10.8. The summed E-state index contributed by atoms with van der Waals surface area (Å²) in [6.45, 7) is 0. The van der Waals surface area contributed by atoms with E-state index in [2.05, 4.69) is 20.5 Å². The highest BCUT2D eigenvalue weighted by Gasteiger charge is 2.11. The summed E-state index contributed by atoms with van der Waals surface area (Å²) in [6, 6.07) is 17.9. The Bertz CT molecular complexity index is 1070. The van der Waals surface area contributed by atoms with E-state index in [0.717, 1.165) is 5.56 Å². The zero-order valence-electron chi connectivity index (χ0n) is 14.6. The summed E-state index contributed by atoms with van der Waals surface area (Å²) in [5, 5.41) is 28.4. The van der Waals surface area contributed by atoms with Gasteiger partial charge in [0.1, 0.15) is 5.69 Å². The Hall–Kier alpha value is -2.87. The van der Waals surface area contributed by atoms with Crippen molar-refractivity contribution in [1.82, 2.24) is 0 Å². The topological polar surface area (TPSA) is 92.6 Å². The highest BCUT2D eigenvalue weighted by Crippen LogP contribution is 2.35. The lowest BCUT2D eigenvalue weighted by Crippen LogP contribution is -1.90. The minimum absolute atomic E-state index is 0.0301. The van der Waals surface area contributed by atoms with Gasteiger partial charge in [0.15, 0.2) is 0 Å². The van der Waals surface area contributed by atoms with Crippen molar-refractivity contribution < 1.29 is 4.92 Å². The first kappa shape index (κ1) is 20.9. The van der Waals surface area contributed by atoms with Crippen molar-refractivity contribution in [1.29, 1.82) is 0 Å². The van der Waals surface area contributed by atoms with Gasteiger partial charge < -0.3 is 0 Å². The highest BCUT2D eigenvalue weighted by molar-refractivity contribution is 6.43. The SMILES string of the molecule is O=[N+]([O-])c1ccc(N=NC(N=Nc2cc(Cl)c(Cl)cc2Cl)c2ccccc2)cc1. The van der Waals surface area contributed by atoms with Crippen molar-refractivity contribution in [3.63, 3.8) is 0 Å². The number of azo groups is 2. The fraction of sp³-hybridized carbons (Fsp3) is 0.0526. The van der Waals surface area contributed by atoms with Crippen molar-refractivity contribution in [3.05, 3.63) is 97.5 Å². The number of benzene rings is 3. The van der Waals surface area contributed by atoms with Crippen LogP contribution in [-0.2, 0) is 0 Å². The zero-order chi connectivity index (χ0) is 20.8. The van der Waals surface area contributed by atoms with Gasteiger partial charge in [-0.15, -0.1) is 0 Å². The largest absolute Gasteiger partial charge is 0.269 e. The summed E-state index contributed by atoms with van der Waals surface area (Å²) in [5.74, 6) is 0. The van der Waals surface area contributed by atoms with Crippen LogP contribution in [0.4, 0.5) is 17.1 Å². The van der Waals surface area contributed by atoms with Crippen LogP contribution in [0.25, 0.3) is 0 Å². The molecule has 10 heteroatoms. The summed E-state index contributed by atoms with van der Waals surface area (Å²) in [4.78, 5) is 10.3. The molecular formula is C19H12Cl3N5O2. The van der Waals surface area contributed by atoms with E-state index >= 15 is 0 Å². The Morgan fingerprint density at radius 3 is 2.07 bits per heavy atom. The number of nitro groups is 1. The van der Waals surface area contributed by atoms with Gasteiger partial charge in [0.25, 0.3) is 5.69 Å². The molecule has 146 valence electrons. The predicted octanol–water partition coefficient (Wildman–Crippen LogP) is 8.12. The fourth-order valence-electron chi connectivity index (χ4n) is 2.25. The van der Waals surface area contributed by atoms with E-state index in [4.69, 9.17) is 34.8 Å². The van der Waals surface area contributed by atoms with Gasteiger partial charge in [-0.2, -0.15) is 20.5 Å². The zero-order valence-corrected chi connectivity index (χ0v) is 16.9. The quantitative estimate of drug-likeness (QED) is 0.165. The summed E-state index contributed by atoms with van der Waals surface area (Å²) < 4.78 is 0. The van der Waals surface area contributed by atoms with Crippen LogP contribution in [0.15, 0.2) is 87.2 Å². The first-order chi connectivity index (χ1) is 13.9. The molecule has 0 saturated heterocycles. The molecule has 29 heavy (non-hydrogen) atoms. The average molecular weight is 449 g/mol. The number of non-ortho nitro benzene ring substituents is 1. The monoisotopic (exact) mass is 447 g/mol. The average Bonchev–Trinajstić information content (AvgIpc) is 2.72. The summed E-state index contributed by atoms with van der Waals surface area (Å²) >= 11 is 18.1. The van der Waals surface area contributed by atoms with E-state index < -0.39 is 11.1 Å². The van der Waals surface area contributed by atoms with Crippen LogP contribution in [0.2, 0.25) is 15.1 Å². The van der Waals surface area contributed by atoms with Crippen LogP contribution >= 0.6 is 34.8 Å². The number of halogens is 3. The molecule has 7 nitrogen and oxygen atoms in total. The van der Waals surface area contributed by atoms with Crippen molar-refractivity contribution >= 4 is 51.9 Å². The molecule has 0 bridgehead atoms. The van der Waals surface area contributed by atoms with Gasteiger partial charge in [-0.05, 0) is 24.3 Å². The van der Waals surface area contributed by atoms with Gasteiger partial charge in [0.05, 0.1) is 25.7 Å². The van der Waals surface area contributed by atoms with Crippen molar-refractivity contribution in [3.8, 4) is 0 Å². The summed E-state index contributed by atoms with van der Waals surface area (Å²) in [6.07, 6.45) is -0.753. The third-order valence-electron chi connectivity index (χ3n) is 3.71. The number of rotatable bonds is 6. The Morgan fingerprint density at radius 1 is 0.793 bits per heavy atom. The van der Waals surface area contributed by atoms with Crippen LogP contribution in [0.5, 0.6) is 0 Å². The summed E-state index contributed by atoms with van der Waals surface area (Å²) in [5.41, 5.74) is 1.50. The maximum atomic E-state index is 10.8. The van der Waals surface area contributed by atoms with Gasteiger partial charge >= 0.3 is 0 Å². The van der Waals surface area contributed by atoms with Crippen molar-refractivity contribution in [2.24, 2.45) is 20.5 Å². The molecule has 0 aliphatic rings. The number of nitro benzene ring substituents is 1. The molecule has 0 N–H and O–H groups in total. The fourth-order valence-corrected chi connectivity index (χ4v) is 2.83. The molecular weight excluding hydrogens is 437 g/mol. The first-order valence-corrected chi connectivity index (χ1v) is 9.33. The molecule has 3 rings (SSSR count).